The summed E-state index contributed by atoms with van der Waals surface area (Å²) in [5, 5.41) is 1.34. The van der Waals surface area contributed by atoms with Gasteiger partial charge in [0.05, 0.1) is 0 Å². The van der Waals surface area contributed by atoms with Gasteiger partial charge in [-0.2, -0.15) is 0 Å². The van der Waals surface area contributed by atoms with Crippen LogP contribution in [0.2, 0.25) is 0 Å². The van der Waals surface area contributed by atoms with Crippen molar-refractivity contribution in [2.75, 3.05) is 12.0 Å². The quantitative estimate of drug-likeness (QED) is 0.574. The van der Waals surface area contributed by atoms with Crippen LogP contribution in [-0.2, 0) is 0 Å². The number of benzene rings is 1. The number of anilines is 1. The van der Waals surface area contributed by atoms with Crippen molar-refractivity contribution in [1.82, 2.24) is 0 Å². The highest BCUT2D eigenvalue weighted by Gasteiger charge is 2.04. The number of hydrogen-bond donors (Lipinski definition) is 1. The molecular weight excluding hydrogens is 198 g/mol. The average Bonchev–Trinajstić information content (AvgIpc) is 2.43. The maximum absolute atomic E-state index is 5.80. The number of fused-ring (bicyclic) bond motifs is 1. The Morgan fingerprint density at radius 3 is 2.77 bits per heavy atom. The minimum atomic E-state index is 0.860. The first-order valence-corrected chi connectivity index (χ1v) is 6.08. The van der Waals surface area contributed by atoms with E-state index in [-0.39, 0.29) is 0 Å². The van der Waals surface area contributed by atoms with Crippen LogP contribution in [0.4, 0.5) is 5.69 Å². The zero-order valence-electron chi connectivity index (χ0n) is 7.63. The van der Waals surface area contributed by atoms with Gasteiger partial charge in [0.1, 0.15) is 0 Å². The highest BCUT2D eigenvalue weighted by atomic mass is 32.2. The van der Waals surface area contributed by atoms with E-state index in [4.69, 9.17) is 5.73 Å². The van der Waals surface area contributed by atoms with Gasteiger partial charge in [-0.3, -0.25) is 0 Å². The number of rotatable bonds is 1. The number of thioether (sulfide) groups is 1. The number of nitrogen functional groups attached to an aromatic ring is 1. The van der Waals surface area contributed by atoms with E-state index < -0.39 is 0 Å². The van der Waals surface area contributed by atoms with Crippen molar-refractivity contribution >= 4 is 38.9 Å². The first-order chi connectivity index (χ1) is 6.20. The zero-order valence-corrected chi connectivity index (χ0v) is 9.26. The van der Waals surface area contributed by atoms with Gasteiger partial charge in [-0.15, -0.1) is 23.1 Å². The van der Waals surface area contributed by atoms with Crippen LogP contribution in [0.15, 0.2) is 23.1 Å². The summed E-state index contributed by atoms with van der Waals surface area (Å²) < 4.78 is 1.29. The lowest BCUT2D eigenvalue weighted by Gasteiger charge is -2.00. The van der Waals surface area contributed by atoms with Crippen molar-refractivity contribution in [3.8, 4) is 0 Å². The molecule has 0 fully saturated rings. The van der Waals surface area contributed by atoms with Crippen LogP contribution in [0.25, 0.3) is 10.1 Å². The Labute approximate surface area is 85.9 Å². The Morgan fingerprint density at radius 2 is 2.08 bits per heavy atom. The molecule has 68 valence electrons. The molecule has 2 aromatic rings. The van der Waals surface area contributed by atoms with E-state index in [9.17, 15) is 0 Å². The molecule has 1 aromatic carbocycles. The fraction of sp³-hybridized carbons (Fsp3) is 0.200. The maximum atomic E-state index is 5.80. The smallest absolute Gasteiger partial charge is 0.0377 e. The summed E-state index contributed by atoms with van der Waals surface area (Å²) in [5.74, 6) is 0. The maximum Gasteiger partial charge on any atom is 0.0377 e. The zero-order chi connectivity index (χ0) is 9.42. The van der Waals surface area contributed by atoms with Gasteiger partial charge in [-0.1, -0.05) is 0 Å². The van der Waals surface area contributed by atoms with Crippen LogP contribution in [0.5, 0.6) is 0 Å². The lowest BCUT2D eigenvalue weighted by Crippen LogP contribution is -1.83. The molecule has 3 heteroatoms. The van der Waals surface area contributed by atoms with Gasteiger partial charge in [0, 0.05) is 25.5 Å². The van der Waals surface area contributed by atoms with Crippen LogP contribution in [0.3, 0.4) is 0 Å². The van der Waals surface area contributed by atoms with Crippen molar-refractivity contribution in [3.63, 3.8) is 0 Å². The van der Waals surface area contributed by atoms with Gasteiger partial charge in [0.25, 0.3) is 0 Å². The first-order valence-electron chi connectivity index (χ1n) is 4.04. The van der Waals surface area contributed by atoms with Crippen molar-refractivity contribution in [3.05, 3.63) is 23.1 Å². The Kier molecular flexibility index (Phi) is 2.22. The standard InChI is InChI=1S/C10H11NS2/c1-6-3-8-9(12-2)4-7(11)5-10(8)13-6/h3-5H,11H2,1-2H3. The molecule has 13 heavy (non-hydrogen) atoms. The minimum Gasteiger partial charge on any atom is -0.399 e. The lowest BCUT2D eigenvalue weighted by atomic mass is 10.2. The third kappa shape index (κ3) is 1.54. The van der Waals surface area contributed by atoms with E-state index in [1.807, 2.05) is 12.1 Å². The Balaban J connectivity index is 2.80. The molecule has 0 radical (unpaired) electrons. The van der Waals surface area contributed by atoms with E-state index in [0.717, 1.165) is 5.69 Å². The fourth-order valence-electron chi connectivity index (χ4n) is 1.42. The summed E-state index contributed by atoms with van der Waals surface area (Å²) in [6, 6.07) is 6.32. The predicted octanol–water partition coefficient (Wildman–Crippen LogP) is 3.51. The molecule has 0 spiro atoms. The predicted molar refractivity (Wildman–Crippen MR) is 62.8 cm³/mol. The van der Waals surface area contributed by atoms with E-state index in [1.165, 1.54) is 19.9 Å². The second-order valence-corrected chi connectivity index (χ2v) is 5.13. The van der Waals surface area contributed by atoms with E-state index >= 15 is 0 Å². The van der Waals surface area contributed by atoms with Crippen LogP contribution in [-0.4, -0.2) is 6.26 Å². The van der Waals surface area contributed by atoms with Gasteiger partial charge in [0.2, 0.25) is 0 Å². The van der Waals surface area contributed by atoms with Crippen molar-refractivity contribution in [1.29, 1.82) is 0 Å². The molecule has 0 bridgehead atoms. The van der Waals surface area contributed by atoms with Crippen LogP contribution in [0, 0.1) is 6.92 Å². The SMILES string of the molecule is CSc1cc(N)cc2sc(C)cc12. The Hall–Kier alpha value is -0.670. The topological polar surface area (TPSA) is 26.0 Å². The largest absolute Gasteiger partial charge is 0.399 e. The van der Waals surface area contributed by atoms with Crippen LogP contribution < -0.4 is 5.73 Å². The lowest BCUT2D eigenvalue weighted by molar-refractivity contribution is 1.55. The molecule has 2 rings (SSSR count). The molecule has 0 aliphatic heterocycles. The van der Waals surface area contributed by atoms with Crippen molar-refractivity contribution in [2.24, 2.45) is 0 Å². The van der Waals surface area contributed by atoms with Crippen molar-refractivity contribution in [2.45, 2.75) is 11.8 Å². The molecular formula is C10H11NS2. The Morgan fingerprint density at radius 1 is 1.31 bits per heavy atom. The Bertz CT molecular complexity index is 445. The summed E-state index contributed by atoms with van der Waals surface area (Å²) in [6.45, 7) is 2.13. The highest BCUT2D eigenvalue weighted by Crippen LogP contribution is 2.34. The van der Waals surface area contributed by atoms with Gasteiger partial charge < -0.3 is 5.73 Å². The van der Waals surface area contributed by atoms with Gasteiger partial charge in [-0.05, 0) is 31.4 Å². The molecule has 0 unspecified atom stereocenters. The number of thiophene rings is 1. The molecule has 1 nitrogen and oxygen atoms in total. The highest BCUT2D eigenvalue weighted by molar-refractivity contribution is 7.98. The number of nitrogens with two attached hydrogens (primary N) is 1. The molecule has 0 atom stereocenters. The molecule has 0 amide bonds. The number of aryl methyl sites for hydroxylation is 1. The summed E-state index contributed by atoms with van der Waals surface area (Å²) in [6.07, 6.45) is 2.08. The van der Waals surface area contributed by atoms with E-state index in [1.54, 1.807) is 23.1 Å². The summed E-state index contributed by atoms with van der Waals surface area (Å²) in [7, 11) is 0. The minimum absolute atomic E-state index is 0.860. The molecule has 0 aliphatic rings. The summed E-state index contributed by atoms with van der Waals surface area (Å²) in [5.41, 5.74) is 6.66. The van der Waals surface area contributed by atoms with Crippen molar-refractivity contribution < 1.29 is 0 Å². The molecule has 0 saturated heterocycles. The molecule has 0 saturated carbocycles. The second kappa shape index (κ2) is 3.24. The van der Waals surface area contributed by atoms with Crippen LogP contribution in [0.1, 0.15) is 4.88 Å². The molecule has 1 aromatic heterocycles. The van der Waals surface area contributed by atoms with E-state index in [2.05, 4.69) is 19.2 Å². The monoisotopic (exact) mass is 209 g/mol. The third-order valence-electron chi connectivity index (χ3n) is 1.96. The average molecular weight is 209 g/mol. The molecule has 2 N–H and O–H groups in total. The molecule has 0 aliphatic carbocycles. The molecule has 1 heterocycles. The third-order valence-corrected chi connectivity index (χ3v) is 3.74. The summed E-state index contributed by atoms with van der Waals surface area (Å²) >= 11 is 3.55. The summed E-state index contributed by atoms with van der Waals surface area (Å²) in [4.78, 5) is 2.62. The van der Waals surface area contributed by atoms with Gasteiger partial charge >= 0.3 is 0 Å². The van der Waals surface area contributed by atoms with Gasteiger partial charge in [-0.25, -0.2) is 0 Å². The first kappa shape index (κ1) is 8.91. The number of hydrogen-bond acceptors (Lipinski definition) is 3. The van der Waals surface area contributed by atoms with Gasteiger partial charge in [0.15, 0.2) is 0 Å². The van der Waals surface area contributed by atoms with Crippen LogP contribution >= 0.6 is 23.1 Å². The second-order valence-electron chi connectivity index (χ2n) is 2.99. The normalized spacial score (nSPS) is 10.9. The van der Waals surface area contributed by atoms with E-state index in [0.29, 0.717) is 0 Å². The fourth-order valence-corrected chi connectivity index (χ4v) is 3.13.